The lowest BCUT2D eigenvalue weighted by Gasteiger charge is -2.03. The van der Waals surface area contributed by atoms with Gasteiger partial charge in [-0.15, -0.1) is 11.3 Å². The zero-order valence-electron chi connectivity index (χ0n) is 11.6. The lowest BCUT2D eigenvalue weighted by Crippen LogP contribution is -2.11. The van der Waals surface area contributed by atoms with E-state index in [1.54, 1.807) is 12.3 Å². The first-order chi connectivity index (χ1) is 10.0. The van der Waals surface area contributed by atoms with Gasteiger partial charge >= 0.3 is 0 Å². The van der Waals surface area contributed by atoms with Crippen molar-refractivity contribution in [2.24, 2.45) is 0 Å². The van der Waals surface area contributed by atoms with Gasteiger partial charge in [0.2, 0.25) is 0 Å². The Morgan fingerprint density at radius 1 is 1.19 bits per heavy atom. The maximum atomic E-state index is 12.3. The van der Waals surface area contributed by atoms with Crippen LogP contribution in [0, 0.1) is 13.8 Å². The van der Waals surface area contributed by atoms with Gasteiger partial charge in [0.1, 0.15) is 10.7 Å². The summed E-state index contributed by atoms with van der Waals surface area (Å²) >= 11 is 7.72. The number of rotatable bonds is 2. The van der Waals surface area contributed by atoms with E-state index in [9.17, 15) is 4.79 Å². The highest BCUT2D eigenvalue weighted by Gasteiger charge is 2.17. The Labute approximate surface area is 131 Å². The third-order valence-electron chi connectivity index (χ3n) is 3.14. The minimum absolute atomic E-state index is 0.227. The molecule has 5 heteroatoms. The van der Waals surface area contributed by atoms with E-state index in [1.807, 2.05) is 38.1 Å². The summed E-state index contributed by atoms with van der Waals surface area (Å²) in [6.07, 6.45) is 1.71. The maximum Gasteiger partial charge on any atom is 0.268 e. The van der Waals surface area contributed by atoms with E-state index in [-0.39, 0.29) is 5.91 Å². The predicted octanol–water partition coefficient (Wildman–Crippen LogP) is 4.82. The van der Waals surface area contributed by atoms with Crippen LogP contribution in [0.3, 0.4) is 0 Å². The van der Waals surface area contributed by atoms with E-state index in [0.29, 0.717) is 15.7 Å². The van der Waals surface area contributed by atoms with Crippen LogP contribution < -0.4 is 5.32 Å². The molecule has 0 spiro atoms. The first-order valence-electron chi connectivity index (χ1n) is 6.47. The normalized spacial score (nSPS) is 10.8. The molecule has 106 valence electrons. The van der Waals surface area contributed by atoms with Crippen LogP contribution in [0.4, 0.5) is 5.82 Å². The van der Waals surface area contributed by atoms with Crippen LogP contribution in [0.5, 0.6) is 0 Å². The summed E-state index contributed by atoms with van der Waals surface area (Å²) in [5.74, 6) is 0.297. The van der Waals surface area contributed by atoms with Gasteiger partial charge in [0, 0.05) is 16.3 Å². The van der Waals surface area contributed by atoms with Crippen molar-refractivity contribution >= 4 is 44.7 Å². The number of aromatic nitrogens is 1. The number of nitrogens with zero attached hydrogens (tertiary/aromatic N) is 1. The second-order valence-electron chi connectivity index (χ2n) is 4.92. The van der Waals surface area contributed by atoms with Gasteiger partial charge < -0.3 is 5.32 Å². The molecular formula is C16H13ClN2OS. The molecule has 3 rings (SSSR count). The molecule has 0 unspecified atom stereocenters. The molecule has 0 aliphatic carbocycles. The molecule has 3 nitrogen and oxygen atoms in total. The largest absolute Gasteiger partial charge is 0.306 e. The first-order valence-corrected chi connectivity index (χ1v) is 7.67. The number of aryl methyl sites for hydroxylation is 2. The Hall–Kier alpha value is -1.91. The Morgan fingerprint density at radius 3 is 2.67 bits per heavy atom. The van der Waals surface area contributed by atoms with Crippen molar-refractivity contribution < 1.29 is 4.79 Å². The molecule has 0 fully saturated rings. The van der Waals surface area contributed by atoms with Crippen molar-refractivity contribution in [3.63, 3.8) is 0 Å². The number of thiophene rings is 1. The molecule has 0 aliphatic rings. The standard InChI is InChI=1S/C16H13ClN2OS/c1-9-3-5-11-12(7-9)21-15(14(11)17)16(20)19-13-6-4-10(2)8-18-13/h3-8H,1-2H3,(H,18,19,20). The van der Waals surface area contributed by atoms with Crippen LogP contribution >= 0.6 is 22.9 Å². The van der Waals surface area contributed by atoms with Crippen molar-refractivity contribution in [3.8, 4) is 0 Å². The van der Waals surface area contributed by atoms with Gasteiger partial charge in [0.15, 0.2) is 0 Å². The summed E-state index contributed by atoms with van der Waals surface area (Å²) in [5, 5.41) is 4.19. The van der Waals surface area contributed by atoms with E-state index >= 15 is 0 Å². The zero-order chi connectivity index (χ0) is 15.0. The van der Waals surface area contributed by atoms with Gasteiger partial charge in [-0.1, -0.05) is 29.8 Å². The number of amides is 1. The molecule has 1 aromatic carbocycles. The summed E-state index contributed by atoms with van der Waals surface area (Å²) in [5.41, 5.74) is 2.19. The quantitative estimate of drug-likeness (QED) is 0.736. The van der Waals surface area contributed by atoms with Crippen molar-refractivity contribution in [1.82, 2.24) is 4.98 Å². The van der Waals surface area contributed by atoms with Crippen molar-refractivity contribution in [1.29, 1.82) is 0 Å². The average molecular weight is 317 g/mol. The van der Waals surface area contributed by atoms with E-state index in [1.165, 1.54) is 11.3 Å². The lowest BCUT2D eigenvalue weighted by atomic mass is 10.2. The highest BCUT2D eigenvalue weighted by atomic mass is 35.5. The minimum atomic E-state index is -0.227. The first kappa shape index (κ1) is 14.0. The minimum Gasteiger partial charge on any atom is -0.306 e. The van der Waals surface area contributed by atoms with Crippen molar-refractivity contribution in [2.45, 2.75) is 13.8 Å². The zero-order valence-corrected chi connectivity index (χ0v) is 13.2. The summed E-state index contributed by atoms with van der Waals surface area (Å²) < 4.78 is 1.02. The molecule has 1 N–H and O–H groups in total. The number of halogens is 1. The summed E-state index contributed by atoms with van der Waals surface area (Å²) in [6.45, 7) is 3.97. The van der Waals surface area contributed by atoms with Crippen LogP contribution in [0.15, 0.2) is 36.5 Å². The molecule has 1 amide bonds. The van der Waals surface area contributed by atoms with Gasteiger partial charge in [-0.3, -0.25) is 4.79 Å². The van der Waals surface area contributed by atoms with Crippen molar-refractivity contribution in [2.75, 3.05) is 5.32 Å². The van der Waals surface area contributed by atoms with Crippen molar-refractivity contribution in [3.05, 3.63) is 57.6 Å². The summed E-state index contributed by atoms with van der Waals surface area (Å²) in [7, 11) is 0. The monoisotopic (exact) mass is 316 g/mol. The highest BCUT2D eigenvalue weighted by molar-refractivity contribution is 7.21. The Balaban J connectivity index is 1.94. The van der Waals surface area contributed by atoms with E-state index in [0.717, 1.165) is 21.2 Å². The Morgan fingerprint density at radius 2 is 1.95 bits per heavy atom. The number of pyridine rings is 1. The number of hydrogen-bond donors (Lipinski definition) is 1. The molecule has 0 radical (unpaired) electrons. The van der Waals surface area contributed by atoms with Gasteiger partial charge in [-0.2, -0.15) is 0 Å². The van der Waals surface area contributed by atoms with Gasteiger partial charge in [0.05, 0.1) is 5.02 Å². The van der Waals surface area contributed by atoms with E-state index in [4.69, 9.17) is 11.6 Å². The molecule has 0 bridgehead atoms. The number of hydrogen-bond acceptors (Lipinski definition) is 3. The summed E-state index contributed by atoms with van der Waals surface area (Å²) in [6, 6.07) is 9.65. The average Bonchev–Trinajstić information content (AvgIpc) is 2.78. The fraction of sp³-hybridized carbons (Fsp3) is 0.125. The number of carbonyl (C=O) groups is 1. The molecule has 0 saturated heterocycles. The number of fused-ring (bicyclic) bond motifs is 1. The Bertz CT molecular complexity index is 824. The molecule has 2 aromatic heterocycles. The van der Waals surface area contributed by atoms with E-state index < -0.39 is 0 Å². The topological polar surface area (TPSA) is 42.0 Å². The van der Waals surface area contributed by atoms with E-state index in [2.05, 4.69) is 10.3 Å². The van der Waals surface area contributed by atoms with Gasteiger partial charge in [-0.05, 0) is 37.1 Å². The van der Waals surface area contributed by atoms with Gasteiger partial charge in [0.25, 0.3) is 5.91 Å². The molecule has 0 atom stereocenters. The number of nitrogens with one attached hydrogen (secondary N) is 1. The van der Waals surface area contributed by atoms with Crippen LogP contribution in [0.2, 0.25) is 5.02 Å². The SMILES string of the molecule is Cc1ccc(NC(=O)c2sc3cc(C)ccc3c2Cl)nc1. The molecule has 3 aromatic rings. The second-order valence-corrected chi connectivity index (χ2v) is 6.35. The number of benzene rings is 1. The lowest BCUT2D eigenvalue weighted by molar-refractivity contribution is 0.103. The molecule has 0 saturated carbocycles. The molecule has 21 heavy (non-hydrogen) atoms. The second kappa shape index (κ2) is 5.47. The number of anilines is 1. The molecular weight excluding hydrogens is 304 g/mol. The van der Waals surface area contributed by atoms with Crippen LogP contribution in [-0.2, 0) is 0 Å². The fourth-order valence-corrected chi connectivity index (χ4v) is 3.54. The number of carbonyl (C=O) groups excluding carboxylic acids is 1. The van der Waals surface area contributed by atoms with Crippen LogP contribution in [0.25, 0.3) is 10.1 Å². The maximum absolute atomic E-state index is 12.3. The smallest absolute Gasteiger partial charge is 0.268 e. The van der Waals surface area contributed by atoms with Crippen LogP contribution in [-0.4, -0.2) is 10.9 Å². The fourth-order valence-electron chi connectivity index (χ4n) is 2.03. The Kier molecular flexibility index (Phi) is 3.66. The summed E-state index contributed by atoms with van der Waals surface area (Å²) in [4.78, 5) is 17.0. The molecule has 0 aliphatic heterocycles. The highest BCUT2D eigenvalue weighted by Crippen LogP contribution is 2.36. The van der Waals surface area contributed by atoms with Gasteiger partial charge in [-0.25, -0.2) is 4.98 Å². The predicted molar refractivity (Wildman–Crippen MR) is 88.5 cm³/mol. The third-order valence-corrected chi connectivity index (χ3v) is 4.80. The third kappa shape index (κ3) is 2.77. The molecule has 2 heterocycles. The van der Waals surface area contributed by atoms with Crippen LogP contribution in [0.1, 0.15) is 20.8 Å².